The minimum atomic E-state index is 0. The second-order valence-electron chi connectivity index (χ2n) is 6.45. The van der Waals surface area contributed by atoms with E-state index in [4.69, 9.17) is 9.15 Å². The maximum Gasteiger partial charge on any atom is 0.190 e. The molecule has 0 unspecified atom stereocenters. The van der Waals surface area contributed by atoms with Gasteiger partial charge in [-0.1, -0.05) is 19.3 Å². The fraction of sp³-hybridized carbons (Fsp3) is 0.737. The summed E-state index contributed by atoms with van der Waals surface area (Å²) in [4.78, 5) is 4.24. The number of unbranched alkanes of at least 4 members (excludes halogenated alkanes) is 2. The molecule has 0 aliphatic heterocycles. The summed E-state index contributed by atoms with van der Waals surface area (Å²) in [6, 6.07) is 3.91. The van der Waals surface area contributed by atoms with E-state index in [-0.39, 0.29) is 24.0 Å². The molecule has 1 aromatic heterocycles. The van der Waals surface area contributed by atoms with Crippen LogP contribution in [0.2, 0.25) is 0 Å². The van der Waals surface area contributed by atoms with E-state index in [9.17, 15) is 0 Å². The molecule has 1 fully saturated rings. The van der Waals surface area contributed by atoms with Crippen LogP contribution in [-0.4, -0.2) is 38.8 Å². The van der Waals surface area contributed by atoms with E-state index in [0.717, 1.165) is 50.7 Å². The molecule has 1 aliphatic carbocycles. The van der Waals surface area contributed by atoms with Gasteiger partial charge in [0.05, 0.1) is 12.4 Å². The number of halogens is 1. The first-order valence-electron chi connectivity index (χ1n) is 9.47. The van der Waals surface area contributed by atoms with Crippen molar-refractivity contribution in [1.82, 2.24) is 10.6 Å². The molecule has 1 heterocycles. The highest BCUT2D eigenvalue weighted by molar-refractivity contribution is 14.0. The zero-order valence-electron chi connectivity index (χ0n) is 15.5. The van der Waals surface area contributed by atoms with Gasteiger partial charge in [0.15, 0.2) is 5.96 Å². The molecule has 0 atom stereocenters. The van der Waals surface area contributed by atoms with Crippen LogP contribution in [0.25, 0.3) is 0 Å². The van der Waals surface area contributed by atoms with Crippen LogP contribution in [-0.2, 0) is 11.2 Å². The molecule has 0 radical (unpaired) electrons. The highest BCUT2D eigenvalue weighted by atomic mass is 127. The van der Waals surface area contributed by atoms with E-state index in [2.05, 4.69) is 15.6 Å². The van der Waals surface area contributed by atoms with Crippen LogP contribution in [0, 0.1) is 0 Å². The number of nitrogens with zero attached hydrogens (tertiary/aromatic N) is 1. The smallest absolute Gasteiger partial charge is 0.190 e. The summed E-state index contributed by atoms with van der Waals surface area (Å²) in [7, 11) is 1.81. The first-order chi connectivity index (χ1) is 11.9. The molecular formula is C19H34IN3O2. The zero-order valence-corrected chi connectivity index (χ0v) is 17.8. The maximum absolute atomic E-state index is 5.95. The van der Waals surface area contributed by atoms with Crippen LogP contribution in [0.1, 0.15) is 57.1 Å². The Morgan fingerprint density at radius 3 is 2.68 bits per heavy atom. The molecule has 1 saturated carbocycles. The number of furan rings is 1. The summed E-state index contributed by atoms with van der Waals surface area (Å²) in [6.45, 7) is 2.69. The van der Waals surface area contributed by atoms with Crippen molar-refractivity contribution in [2.75, 3.05) is 26.7 Å². The van der Waals surface area contributed by atoms with Gasteiger partial charge in [-0.2, -0.15) is 0 Å². The topological polar surface area (TPSA) is 58.8 Å². The molecule has 5 nitrogen and oxygen atoms in total. The van der Waals surface area contributed by atoms with Crippen molar-refractivity contribution in [1.29, 1.82) is 0 Å². The van der Waals surface area contributed by atoms with Crippen molar-refractivity contribution in [2.24, 2.45) is 4.99 Å². The summed E-state index contributed by atoms with van der Waals surface area (Å²) >= 11 is 0. The van der Waals surface area contributed by atoms with E-state index in [0.29, 0.717) is 6.10 Å². The largest absolute Gasteiger partial charge is 0.469 e. The van der Waals surface area contributed by atoms with Crippen molar-refractivity contribution >= 4 is 29.9 Å². The third kappa shape index (κ3) is 10.1. The minimum Gasteiger partial charge on any atom is -0.469 e. The van der Waals surface area contributed by atoms with Gasteiger partial charge < -0.3 is 19.8 Å². The standard InChI is InChI=1S/C19H33N3O2.HI/c1-20-19(22-14-12-18-11-8-16-24-18)21-13-6-3-7-15-23-17-9-4-2-5-10-17;/h8,11,16-17H,2-7,9-10,12-15H2,1H3,(H2,20,21,22);1H. The lowest BCUT2D eigenvalue weighted by Crippen LogP contribution is -2.38. The van der Waals surface area contributed by atoms with Crippen LogP contribution in [0.3, 0.4) is 0 Å². The van der Waals surface area contributed by atoms with Gasteiger partial charge in [0.1, 0.15) is 5.76 Å². The van der Waals surface area contributed by atoms with Gasteiger partial charge in [0.25, 0.3) is 0 Å². The Morgan fingerprint density at radius 1 is 1.16 bits per heavy atom. The summed E-state index contributed by atoms with van der Waals surface area (Å²) < 4.78 is 11.3. The molecule has 0 saturated heterocycles. The van der Waals surface area contributed by atoms with E-state index in [1.54, 1.807) is 13.3 Å². The molecule has 0 spiro atoms. The molecule has 0 amide bonds. The van der Waals surface area contributed by atoms with E-state index < -0.39 is 0 Å². The first-order valence-corrected chi connectivity index (χ1v) is 9.47. The summed E-state index contributed by atoms with van der Waals surface area (Å²) in [5, 5.41) is 6.66. The maximum atomic E-state index is 5.95. The van der Waals surface area contributed by atoms with Gasteiger partial charge in [-0.15, -0.1) is 24.0 Å². The second-order valence-corrected chi connectivity index (χ2v) is 6.45. The van der Waals surface area contributed by atoms with Crippen molar-refractivity contribution in [3.05, 3.63) is 24.2 Å². The lowest BCUT2D eigenvalue weighted by molar-refractivity contribution is 0.0264. The Morgan fingerprint density at radius 2 is 1.96 bits per heavy atom. The second kappa shape index (κ2) is 14.4. The van der Waals surface area contributed by atoms with Gasteiger partial charge >= 0.3 is 0 Å². The SMILES string of the molecule is CN=C(NCCCCCOC1CCCCC1)NCCc1ccco1.I. The van der Waals surface area contributed by atoms with Gasteiger partial charge in [-0.3, -0.25) is 4.99 Å². The van der Waals surface area contributed by atoms with Crippen LogP contribution >= 0.6 is 24.0 Å². The molecule has 6 heteroatoms. The highest BCUT2D eigenvalue weighted by Crippen LogP contribution is 2.20. The Bertz CT molecular complexity index is 446. The number of hydrogen-bond acceptors (Lipinski definition) is 3. The first kappa shape index (κ1) is 22.3. The van der Waals surface area contributed by atoms with Crippen molar-refractivity contribution < 1.29 is 9.15 Å². The molecule has 1 aliphatic rings. The number of nitrogens with one attached hydrogen (secondary N) is 2. The van der Waals surface area contributed by atoms with Crippen LogP contribution in [0.15, 0.2) is 27.8 Å². The number of guanidine groups is 1. The quantitative estimate of drug-likeness (QED) is 0.237. The van der Waals surface area contributed by atoms with Gasteiger partial charge in [0.2, 0.25) is 0 Å². The van der Waals surface area contributed by atoms with Gasteiger partial charge in [0, 0.05) is 33.2 Å². The van der Waals surface area contributed by atoms with Gasteiger partial charge in [-0.05, 0) is 44.2 Å². The fourth-order valence-electron chi connectivity index (χ4n) is 3.07. The predicted molar refractivity (Wildman–Crippen MR) is 114 cm³/mol. The van der Waals surface area contributed by atoms with E-state index in [1.807, 2.05) is 12.1 Å². The number of hydrogen-bond donors (Lipinski definition) is 2. The number of ether oxygens (including phenoxy) is 1. The molecule has 25 heavy (non-hydrogen) atoms. The van der Waals surface area contributed by atoms with Crippen molar-refractivity contribution in [3.8, 4) is 0 Å². The predicted octanol–water partition coefficient (Wildman–Crippen LogP) is 4.12. The van der Waals surface area contributed by atoms with Crippen LogP contribution in [0.5, 0.6) is 0 Å². The molecule has 0 aromatic carbocycles. The lowest BCUT2D eigenvalue weighted by atomic mass is 9.98. The molecular weight excluding hydrogens is 429 g/mol. The number of rotatable bonds is 10. The zero-order chi connectivity index (χ0) is 16.9. The molecule has 0 bridgehead atoms. The van der Waals surface area contributed by atoms with Gasteiger partial charge in [-0.25, -0.2) is 0 Å². The van der Waals surface area contributed by atoms with E-state index >= 15 is 0 Å². The Labute approximate surface area is 169 Å². The molecule has 144 valence electrons. The molecule has 2 N–H and O–H groups in total. The number of aliphatic imine (C=N–C) groups is 1. The third-order valence-electron chi connectivity index (χ3n) is 4.49. The summed E-state index contributed by atoms with van der Waals surface area (Å²) in [5.74, 6) is 1.86. The average molecular weight is 463 g/mol. The minimum absolute atomic E-state index is 0. The van der Waals surface area contributed by atoms with E-state index in [1.165, 1.54) is 38.5 Å². The van der Waals surface area contributed by atoms with Crippen LogP contribution < -0.4 is 10.6 Å². The monoisotopic (exact) mass is 463 g/mol. The Hall–Kier alpha value is -0.760. The van der Waals surface area contributed by atoms with Crippen molar-refractivity contribution in [2.45, 2.75) is 63.9 Å². The van der Waals surface area contributed by atoms with Crippen molar-refractivity contribution in [3.63, 3.8) is 0 Å². The molecule has 2 rings (SSSR count). The molecule has 1 aromatic rings. The van der Waals surface area contributed by atoms with Crippen LogP contribution in [0.4, 0.5) is 0 Å². The third-order valence-corrected chi connectivity index (χ3v) is 4.49. The Kier molecular flexibility index (Phi) is 12.8. The lowest BCUT2D eigenvalue weighted by Gasteiger charge is -2.21. The Balaban J connectivity index is 0.00000312. The highest BCUT2D eigenvalue weighted by Gasteiger charge is 2.12. The summed E-state index contributed by atoms with van der Waals surface area (Å²) in [5.41, 5.74) is 0. The normalized spacial score (nSPS) is 15.6. The summed E-state index contributed by atoms with van der Waals surface area (Å²) in [6.07, 6.45) is 13.2. The fourth-order valence-corrected chi connectivity index (χ4v) is 3.07. The average Bonchev–Trinajstić information content (AvgIpc) is 3.13.